The second kappa shape index (κ2) is 6.17. The van der Waals surface area contributed by atoms with Gasteiger partial charge < -0.3 is 10.4 Å². The molecule has 2 rings (SSSR count). The molecule has 0 saturated heterocycles. The summed E-state index contributed by atoms with van der Waals surface area (Å²) in [6.07, 6.45) is -0.542. The smallest absolute Gasteiger partial charge is 0.123 e. The summed E-state index contributed by atoms with van der Waals surface area (Å²) in [4.78, 5) is 0. The van der Waals surface area contributed by atoms with E-state index in [1.165, 1.54) is 12.1 Å². The Bertz CT molecular complexity index is 572. The molecule has 0 aliphatic heterocycles. The van der Waals surface area contributed by atoms with Crippen molar-refractivity contribution in [1.82, 2.24) is 0 Å². The number of halogens is 2. The SMILES string of the molecule is CC(O)c1ccccc1NCc1cc(F)ccc1Br. The van der Waals surface area contributed by atoms with E-state index in [9.17, 15) is 9.50 Å². The summed E-state index contributed by atoms with van der Waals surface area (Å²) in [5, 5.41) is 12.9. The molecular weight excluding hydrogens is 309 g/mol. The minimum Gasteiger partial charge on any atom is -0.389 e. The molecule has 0 aliphatic carbocycles. The number of aliphatic hydroxyl groups is 1. The van der Waals surface area contributed by atoms with Crippen LogP contribution in [0.5, 0.6) is 0 Å². The molecule has 0 spiro atoms. The van der Waals surface area contributed by atoms with Crippen molar-refractivity contribution in [3.63, 3.8) is 0 Å². The molecule has 1 unspecified atom stereocenters. The van der Waals surface area contributed by atoms with E-state index in [0.717, 1.165) is 21.3 Å². The quantitative estimate of drug-likeness (QED) is 0.881. The van der Waals surface area contributed by atoms with Crippen LogP contribution in [-0.4, -0.2) is 5.11 Å². The average Bonchev–Trinajstić information content (AvgIpc) is 2.40. The summed E-state index contributed by atoms with van der Waals surface area (Å²) in [7, 11) is 0. The standard InChI is InChI=1S/C15H15BrFNO/c1-10(19)13-4-2-3-5-15(13)18-9-11-8-12(17)6-7-14(11)16/h2-8,10,18-19H,9H2,1H3. The van der Waals surface area contributed by atoms with E-state index < -0.39 is 6.10 Å². The fraction of sp³-hybridized carbons (Fsp3) is 0.200. The number of rotatable bonds is 4. The van der Waals surface area contributed by atoms with Crippen LogP contribution in [0.25, 0.3) is 0 Å². The van der Waals surface area contributed by atoms with Crippen LogP contribution in [0.3, 0.4) is 0 Å². The molecule has 100 valence electrons. The summed E-state index contributed by atoms with van der Waals surface area (Å²) < 4.78 is 14.0. The van der Waals surface area contributed by atoms with Crippen molar-refractivity contribution in [2.45, 2.75) is 19.6 Å². The van der Waals surface area contributed by atoms with E-state index in [1.807, 2.05) is 24.3 Å². The Hall–Kier alpha value is -1.39. The third kappa shape index (κ3) is 3.55. The number of para-hydroxylation sites is 1. The van der Waals surface area contributed by atoms with Crippen molar-refractivity contribution in [2.75, 3.05) is 5.32 Å². The predicted octanol–water partition coefficient (Wildman–Crippen LogP) is 4.25. The number of aliphatic hydroxyl groups excluding tert-OH is 1. The van der Waals surface area contributed by atoms with Crippen LogP contribution in [0.2, 0.25) is 0 Å². The fourth-order valence-electron chi connectivity index (χ4n) is 1.89. The lowest BCUT2D eigenvalue weighted by Crippen LogP contribution is -2.05. The third-order valence-corrected chi connectivity index (χ3v) is 3.66. The van der Waals surface area contributed by atoms with Crippen molar-refractivity contribution in [2.24, 2.45) is 0 Å². The van der Waals surface area contributed by atoms with Gasteiger partial charge in [0.1, 0.15) is 5.82 Å². The van der Waals surface area contributed by atoms with Gasteiger partial charge in [-0.3, -0.25) is 0 Å². The Morgan fingerprint density at radius 3 is 2.74 bits per heavy atom. The number of nitrogens with one attached hydrogen (secondary N) is 1. The number of anilines is 1. The Labute approximate surface area is 120 Å². The Kier molecular flexibility index (Phi) is 4.56. The molecule has 0 heterocycles. The summed E-state index contributed by atoms with van der Waals surface area (Å²) >= 11 is 3.40. The maximum absolute atomic E-state index is 13.2. The third-order valence-electron chi connectivity index (χ3n) is 2.89. The van der Waals surface area contributed by atoms with Gasteiger partial charge in [-0.2, -0.15) is 0 Å². The molecule has 2 aromatic carbocycles. The van der Waals surface area contributed by atoms with E-state index >= 15 is 0 Å². The van der Waals surface area contributed by atoms with Gasteiger partial charge in [0.05, 0.1) is 6.10 Å². The Morgan fingerprint density at radius 2 is 2.00 bits per heavy atom. The molecule has 2 aromatic rings. The summed E-state index contributed by atoms with van der Waals surface area (Å²) in [6.45, 7) is 2.21. The van der Waals surface area contributed by atoms with E-state index in [1.54, 1.807) is 13.0 Å². The Morgan fingerprint density at radius 1 is 1.26 bits per heavy atom. The van der Waals surface area contributed by atoms with Crippen molar-refractivity contribution in [3.8, 4) is 0 Å². The molecule has 0 aromatic heterocycles. The van der Waals surface area contributed by atoms with Gasteiger partial charge >= 0.3 is 0 Å². The minimum atomic E-state index is -0.542. The number of benzene rings is 2. The number of hydrogen-bond donors (Lipinski definition) is 2. The van der Waals surface area contributed by atoms with E-state index in [2.05, 4.69) is 21.2 Å². The molecule has 0 saturated carbocycles. The second-order valence-corrected chi connectivity index (χ2v) is 5.21. The van der Waals surface area contributed by atoms with Gasteiger partial charge in [-0.05, 0) is 36.8 Å². The predicted molar refractivity (Wildman–Crippen MR) is 78.5 cm³/mol. The zero-order valence-corrected chi connectivity index (χ0v) is 12.1. The van der Waals surface area contributed by atoms with Crippen molar-refractivity contribution in [3.05, 3.63) is 63.9 Å². The molecule has 2 nitrogen and oxygen atoms in total. The van der Waals surface area contributed by atoms with Crippen molar-refractivity contribution in [1.29, 1.82) is 0 Å². The maximum atomic E-state index is 13.2. The highest BCUT2D eigenvalue weighted by Gasteiger charge is 2.07. The molecule has 1 atom stereocenters. The molecule has 2 N–H and O–H groups in total. The Balaban J connectivity index is 2.17. The second-order valence-electron chi connectivity index (χ2n) is 4.35. The highest BCUT2D eigenvalue weighted by atomic mass is 79.9. The van der Waals surface area contributed by atoms with Crippen LogP contribution in [0.4, 0.5) is 10.1 Å². The van der Waals surface area contributed by atoms with Crippen LogP contribution >= 0.6 is 15.9 Å². The highest BCUT2D eigenvalue weighted by Crippen LogP contribution is 2.24. The van der Waals surface area contributed by atoms with Gasteiger partial charge in [0.15, 0.2) is 0 Å². The zero-order chi connectivity index (χ0) is 13.8. The van der Waals surface area contributed by atoms with Crippen LogP contribution in [0.15, 0.2) is 46.9 Å². The van der Waals surface area contributed by atoms with Crippen LogP contribution < -0.4 is 5.32 Å². The molecular formula is C15H15BrFNO. The number of hydrogen-bond acceptors (Lipinski definition) is 2. The van der Waals surface area contributed by atoms with Gasteiger partial charge in [-0.15, -0.1) is 0 Å². The van der Waals surface area contributed by atoms with Gasteiger partial charge in [-0.1, -0.05) is 34.1 Å². The van der Waals surface area contributed by atoms with Crippen LogP contribution in [0.1, 0.15) is 24.2 Å². The van der Waals surface area contributed by atoms with Crippen LogP contribution in [0, 0.1) is 5.82 Å². The van der Waals surface area contributed by atoms with Crippen molar-refractivity contribution < 1.29 is 9.50 Å². The normalized spacial score (nSPS) is 12.2. The first-order chi connectivity index (χ1) is 9.08. The summed E-state index contributed by atoms with van der Waals surface area (Å²) in [5.41, 5.74) is 2.52. The van der Waals surface area contributed by atoms with E-state index in [0.29, 0.717) is 6.54 Å². The molecule has 0 bridgehead atoms. The lowest BCUT2D eigenvalue weighted by Gasteiger charge is -2.14. The van der Waals surface area contributed by atoms with Gasteiger partial charge in [0.25, 0.3) is 0 Å². The minimum absolute atomic E-state index is 0.260. The lowest BCUT2D eigenvalue weighted by atomic mass is 10.1. The molecule has 0 radical (unpaired) electrons. The van der Waals surface area contributed by atoms with Crippen molar-refractivity contribution >= 4 is 21.6 Å². The van der Waals surface area contributed by atoms with Gasteiger partial charge in [-0.25, -0.2) is 4.39 Å². The first-order valence-electron chi connectivity index (χ1n) is 6.02. The van der Waals surface area contributed by atoms with E-state index in [4.69, 9.17) is 0 Å². The largest absolute Gasteiger partial charge is 0.389 e. The average molecular weight is 324 g/mol. The molecule has 0 fully saturated rings. The van der Waals surface area contributed by atoms with Crippen LogP contribution in [-0.2, 0) is 6.54 Å². The zero-order valence-electron chi connectivity index (χ0n) is 10.5. The van der Waals surface area contributed by atoms with Gasteiger partial charge in [0, 0.05) is 22.3 Å². The molecule has 0 amide bonds. The highest BCUT2D eigenvalue weighted by molar-refractivity contribution is 9.10. The molecule has 0 aliphatic rings. The summed E-state index contributed by atoms with van der Waals surface area (Å²) in [5.74, 6) is -0.260. The molecule has 19 heavy (non-hydrogen) atoms. The van der Waals surface area contributed by atoms with E-state index in [-0.39, 0.29) is 5.82 Å². The summed E-state index contributed by atoms with van der Waals surface area (Å²) in [6, 6.07) is 12.1. The first-order valence-corrected chi connectivity index (χ1v) is 6.82. The monoisotopic (exact) mass is 323 g/mol. The topological polar surface area (TPSA) is 32.3 Å². The molecule has 4 heteroatoms. The maximum Gasteiger partial charge on any atom is 0.123 e. The first kappa shape index (κ1) is 14.0. The fourth-order valence-corrected chi connectivity index (χ4v) is 2.28. The lowest BCUT2D eigenvalue weighted by molar-refractivity contribution is 0.200. The van der Waals surface area contributed by atoms with Gasteiger partial charge in [0.2, 0.25) is 0 Å².